The lowest BCUT2D eigenvalue weighted by atomic mass is 9.94. The minimum atomic E-state index is -2.53. The van der Waals surface area contributed by atoms with Crippen LogP contribution in [0.4, 0.5) is 5.82 Å². The van der Waals surface area contributed by atoms with Gasteiger partial charge in [0.15, 0.2) is 11.5 Å². The first-order valence-corrected chi connectivity index (χ1v) is 10.4. The summed E-state index contributed by atoms with van der Waals surface area (Å²) in [5.74, 6) is -1.28. The third-order valence-electron chi connectivity index (χ3n) is 5.30. The van der Waals surface area contributed by atoms with E-state index in [1.54, 1.807) is 34.9 Å². The van der Waals surface area contributed by atoms with Gasteiger partial charge in [0.25, 0.3) is 5.60 Å². The molecule has 3 aromatic rings. The second kappa shape index (κ2) is 10.5. The molecule has 34 heavy (non-hydrogen) atoms. The number of aromatic nitrogens is 4. The summed E-state index contributed by atoms with van der Waals surface area (Å²) < 4.78 is 12.6. The average Bonchev–Trinajstić information content (AvgIpc) is 3.20. The van der Waals surface area contributed by atoms with Crippen LogP contribution in [0.3, 0.4) is 0 Å². The quantitative estimate of drug-likeness (QED) is 0.205. The summed E-state index contributed by atoms with van der Waals surface area (Å²) in [6.45, 7) is -0.269. The second-order valence-corrected chi connectivity index (χ2v) is 7.74. The number of fused-ring (bicyclic) bond motifs is 1. The highest BCUT2D eigenvalue weighted by Crippen LogP contribution is 2.24. The molecule has 3 rings (SSSR count). The van der Waals surface area contributed by atoms with E-state index in [9.17, 15) is 19.8 Å². The Morgan fingerprint density at radius 3 is 2.53 bits per heavy atom. The number of halogens is 1. The SMILES string of the molecule is C#C[C@H](Cn1cnc2c(N)nc(Cl)nc21)C(COC(Cc1ccccc1)(C(=O)O)C(=O)O)OC. The molecule has 0 amide bonds. The van der Waals surface area contributed by atoms with Crippen molar-refractivity contribution in [3.8, 4) is 12.3 Å². The van der Waals surface area contributed by atoms with E-state index in [1.165, 1.54) is 13.4 Å². The lowest BCUT2D eigenvalue weighted by Crippen LogP contribution is -2.52. The van der Waals surface area contributed by atoms with Crippen molar-refractivity contribution >= 4 is 40.5 Å². The number of terminal acetylenes is 1. The maximum absolute atomic E-state index is 12.0. The van der Waals surface area contributed by atoms with E-state index in [0.29, 0.717) is 16.7 Å². The molecule has 178 valence electrons. The van der Waals surface area contributed by atoms with Crippen LogP contribution in [0.15, 0.2) is 36.7 Å². The van der Waals surface area contributed by atoms with E-state index in [1.807, 2.05) is 0 Å². The van der Waals surface area contributed by atoms with Gasteiger partial charge in [0.1, 0.15) is 5.52 Å². The first kappa shape index (κ1) is 24.9. The molecule has 0 fully saturated rings. The Morgan fingerprint density at radius 2 is 1.94 bits per heavy atom. The number of imidazole rings is 1. The smallest absolute Gasteiger partial charge is 0.348 e. The van der Waals surface area contributed by atoms with Crippen molar-refractivity contribution in [2.24, 2.45) is 5.92 Å². The van der Waals surface area contributed by atoms with Crippen LogP contribution in [-0.4, -0.2) is 67.1 Å². The lowest BCUT2D eigenvalue weighted by Gasteiger charge is -2.29. The van der Waals surface area contributed by atoms with E-state index in [2.05, 4.69) is 20.9 Å². The summed E-state index contributed by atoms with van der Waals surface area (Å²) in [6.07, 6.45) is 5.93. The van der Waals surface area contributed by atoms with Crippen molar-refractivity contribution < 1.29 is 29.3 Å². The topological polar surface area (TPSA) is 163 Å². The molecular weight excluding hydrogens is 466 g/mol. The number of anilines is 1. The highest BCUT2D eigenvalue weighted by molar-refractivity contribution is 6.28. The van der Waals surface area contributed by atoms with Crippen LogP contribution in [0, 0.1) is 18.3 Å². The van der Waals surface area contributed by atoms with Gasteiger partial charge in [-0.2, -0.15) is 9.97 Å². The Labute approximate surface area is 199 Å². The Hall–Kier alpha value is -3.72. The highest BCUT2D eigenvalue weighted by atomic mass is 35.5. The number of methoxy groups -OCH3 is 1. The van der Waals surface area contributed by atoms with Crippen LogP contribution in [0.5, 0.6) is 0 Å². The van der Waals surface area contributed by atoms with Crippen LogP contribution >= 0.6 is 11.6 Å². The van der Waals surface area contributed by atoms with Crippen molar-refractivity contribution in [2.45, 2.75) is 24.7 Å². The molecule has 0 aliphatic rings. The fraction of sp³-hybridized carbons (Fsp3) is 0.318. The molecule has 1 unspecified atom stereocenters. The summed E-state index contributed by atoms with van der Waals surface area (Å²) in [7, 11) is 1.36. The van der Waals surface area contributed by atoms with Gasteiger partial charge in [-0.3, -0.25) is 0 Å². The molecule has 0 saturated heterocycles. The molecule has 0 spiro atoms. The molecule has 1 aromatic carbocycles. The Bertz CT molecular complexity index is 1210. The van der Waals surface area contributed by atoms with Crippen molar-refractivity contribution in [1.29, 1.82) is 0 Å². The van der Waals surface area contributed by atoms with Crippen LogP contribution in [-0.2, 0) is 32.0 Å². The van der Waals surface area contributed by atoms with E-state index in [-0.39, 0.29) is 17.6 Å². The molecule has 2 aromatic heterocycles. The number of nitrogens with zero attached hydrogens (tertiary/aromatic N) is 4. The minimum Gasteiger partial charge on any atom is -0.479 e. The molecule has 11 nitrogen and oxygen atoms in total. The predicted octanol–water partition coefficient (Wildman–Crippen LogP) is 1.49. The Morgan fingerprint density at radius 1 is 1.26 bits per heavy atom. The maximum Gasteiger partial charge on any atom is 0.348 e. The fourth-order valence-corrected chi connectivity index (χ4v) is 3.61. The minimum absolute atomic E-state index is 0.0655. The third-order valence-corrected chi connectivity index (χ3v) is 5.47. The van der Waals surface area contributed by atoms with Crippen LogP contribution in [0.25, 0.3) is 11.2 Å². The van der Waals surface area contributed by atoms with Gasteiger partial charge >= 0.3 is 11.9 Å². The number of carboxylic acids is 2. The van der Waals surface area contributed by atoms with E-state index >= 15 is 0 Å². The highest BCUT2D eigenvalue weighted by Gasteiger charge is 2.49. The number of nitrogens with two attached hydrogens (primary N) is 1. The van der Waals surface area contributed by atoms with Crippen molar-refractivity contribution in [2.75, 3.05) is 19.5 Å². The lowest BCUT2D eigenvalue weighted by molar-refractivity contribution is -0.188. The molecule has 0 saturated carbocycles. The number of benzene rings is 1. The number of hydrogen-bond acceptors (Lipinski definition) is 8. The van der Waals surface area contributed by atoms with Crippen molar-refractivity contribution in [3.63, 3.8) is 0 Å². The Kier molecular flexibility index (Phi) is 7.68. The maximum atomic E-state index is 12.0. The predicted molar refractivity (Wildman–Crippen MR) is 122 cm³/mol. The zero-order valence-electron chi connectivity index (χ0n) is 18.1. The zero-order valence-corrected chi connectivity index (χ0v) is 18.8. The third kappa shape index (κ3) is 5.09. The molecule has 2 heterocycles. The number of ether oxygens (including phenoxy) is 2. The Balaban J connectivity index is 1.83. The number of carbonyl (C=O) groups is 2. The van der Waals surface area contributed by atoms with E-state index in [0.717, 1.165) is 0 Å². The van der Waals surface area contributed by atoms with Crippen molar-refractivity contribution in [3.05, 3.63) is 47.5 Å². The van der Waals surface area contributed by atoms with Gasteiger partial charge in [0.2, 0.25) is 5.28 Å². The molecule has 0 aliphatic carbocycles. The van der Waals surface area contributed by atoms with Gasteiger partial charge in [-0.15, -0.1) is 6.42 Å². The van der Waals surface area contributed by atoms with Gasteiger partial charge in [-0.1, -0.05) is 36.3 Å². The monoisotopic (exact) mass is 487 g/mol. The molecule has 0 radical (unpaired) electrons. The molecule has 4 N–H and O–H groups in total. The number of aliphatic carboxylic acids is 2. The summed E-state index contributed by atoms with van der Waals surface area (Å²) in [4.78, 5) is 36.2. The van der Waals surface area contributed by atoms with Crippen LogP contribution in [0.2, 0.25) is 5.28 Å². The fourth-order valence-electron chi connectivity index (χ4n) is 3.43. The van der Waals surface area contributed by atoms with Crippen molar-refractivity contribution in [1.82, 2.24) is 19.5 Å². The van der Waals surface area contributed by atoms with E-state index < -0.39 is 42.6 Å². The summed E-state index contributed by atoms with van der Waals surface area (Å²) in [5, 5.41) is 19.5. The van der Waals surface area contributed by atoms with Gasteiger partial charge in [0, 0.05) is 20.1 Å². The first-order chi connectivity index (χ1) is 16.2. The van der Waals surface area contributed by atoms with Crippen LogP contribution < -0.4 is 5.73 Å². The number of hydrogen-bond donors (Lipinski definition) is 3. The van der Waals surface area contributed by atoms with Gasteiger partial charge in [-0.05, 0) is 17.2 Å². The van der Waals surface area contributed by atoms with E-state index in [4.69, 9.17) is 33.2 Å². The summed E-state index contributed by atoms with van der Waals surface area (Å²) >= 11 is 5.90. The molecular formula is C22H22ClN5O6. The first-order valence-electron chi connectivity index (χ1n) is 9.99. The molecule has 2 atom stereocenters. The molecule has 12 heteroatoms. The van der Waals surface area contributed by atoms with Gasteiger partial charge in [-0.25, -0.2) is 14.6 Å². The summed E-state index contributed by atoms with van der Waals surface area (Å²) in [5.41, 5.74) is 4.46. The normalized spacial score (nSPS) is 13.3. The standard InChI is InChI=1S/C22H22ClN5O6/c1-3-14(10-28-12-25-16-17(24)26-21(23)27-18(16)28)15(33-2)11-34-22(19(29)30,20(31)32)9-13-7-5-4-6-8-13/h1,4-8,12,14-15H,9-11H2,2H3,(H,29,30)(H,31,32)(H2,24,26,27)/t14-,15?/m1/s1. The number of carboxylic acid groups (broad SMARTS) is 2. The number of nitrogen functional groups attached to an aromatic ring is 1. The largest absolute Gasteiger partial charge is 0.479 e. The van der Waals surface area contributed by atoms with Gasteiger partial charge in [0.05, 0.1) is 25.0 Å². The number of rotatable bonds is 11. The molecule has 0 aliphatic heterocycles. The average molecular weight is 488 g/mol. The van der Waals surface area contributed by atoms with Crippen LogP contribution in [0.1, 0.15) is 5.56 Å². The summed E-state index contributed by atoms with van der Waals surface area (Å²) in [6, 6.07) is 8.32. The molecule has 0 bridgehead atoms. The zero-order chi connectivity index (χ0) is 24.9. The van der Waals surface area contributed by atoms with Gasteiger partial charge < -0.3 is 30.0 Å². The second-order valence-electron chi connectivity index (χ2n) is 7.41.